The zero-order valence-electron chi connectivity index (χ0n) is 15.9. The summed E-state index contributed by atoms with van der Waals surface area (Å²) in [5, 5.41) is 5.15. The second-order valence-corrected chi connectivity index (χ2v) is 8.66. The standard InChI is InChI=1S/C22H26N4S/c1-15-7-8-19-18(11-15)20(24-10-9-23)12-22(25-19)26-13-16(2)27-21-6-4-3-5-17(21)14-26/h3-8,11-12,16H,9-10,13-14,23H2,1-2H3,(H,24,25). The van der Waals surface area contributed by atoms with E-state index in [1.54, 1.807) is 0 Å². The first-order valence-corrected chi connectivity index (χ1v) is 10.4. The predicted octanol–water partition coefficient (Wildman–Crippen LogP) is 4.41. The lowest BCUT2D eigenvalue weighted by Crippen LogP contribution is -2.28. The van der Waals surface area contributed by atoms with Crippen LogP contribution in [0.4, 0.5) is 11.5 Å². The lowest BCUT2D eigenvalue weighted by Gasteiger charge is -2.25. The number of hydrogen-bond donors (Lipinski definition) is 2. The molecule has 1 aliphatic heterocycles. The summed E-state index contributed by atoms with van der Waals surface area (Å²) in [4.78, 5) is 8.78. The van der Waals surface area contributed by atoms with Crippen LogP contribution in [0.5, 0.6) is 0 Å². The molecule has 0 amide bonds. The normalized spacial score (nSPS) is 16.9. The van der Waals surface area contributed by atoms with Gasteiger partial charge in [0.2, 0.25) is 0 Å². The Kier molecular flexibility index (Phi) is 5.23. The van der Waals surface area contributed by atoms with Crippen LogP contribution in [0.2, 0.25) is 0 Å². The number of nitrogens with one attached hydrogen (secondary N) is 1. The Balaban J connectivity index is 1.77. The van der Waals surface area contributed by atoms with Crippen LogP contribution < -0.4 is 16.0 Å². The number of aryl methyl sites for hydroxylation is 1. The van der Waals surface area contributed by atoms with Crippen molar-refractivity contribution in [1.82, 2.24) is 4.98 Å². The molecule has 1 unspecified atom stereocenters. The maximum Gasteiger partial charge on any atom is 0.131 e. The molecule has 1 aromatic heterocycles. The van der Waals surface area contributed by atoms with Gasteiger partial charge < -0.3 is 16.0 Å². The van der Waals surface area contributed by atoms with E-state index in [1.807, 2.05) is 11.8 Å². The molecule has 5 heteroatoms. The Morgan fingerprint density at radius 1 is 1.22 bits per heavy atom. The summed E-state index contributed by atoms with van der Waals surface area (Å²) >= 11 is 1.95. The first-order valence-electron chi connectivity index (χ1n) is 9.49. The summed E-state index contributed by atoms with van der Waals surface area (Å²) in [6.45, 7) is 7.62. The zero-order valence-corrected chi connectivity index (χ0v) is 16.7. The van der Waals surface area contributed by atoms with Crippen molar-refractivity contribution in [2.75, 3.05) is 29.9 Å². The third kappa shape index (κ3) is 3.89. The van der Waals surface area contributed by atoms with E-state index < -0.39 is 0 Å². The first-order chi connectivity index (χ1) is 13.1. The number of aromatic nitrogens is 1. The molecule has 27 heavy (non-hydrogen) atoms. The number of nitrogens with zero attached hydrogens (tertiary/aromatic N) is 2. The van der Waals surface area contributed by atoms with Gasteiger partial charge in [0.15, 0.2) is 0 Å². The third-order valence-electron chi connectivity index (χ3n) is 4.87. The van der Waals surface area contributed by atoms with E-state index in [-0.39, 0.29) is 0 Å². The molecule has 140 valence electrons. The lowest BCUT2D eigenvalue weighted by molar-refractivity contribution is 0.772. The van der Waals surface area contributed by atoms with Gasteiger partial charge in [0, 0.05) is 53.5 Å². The smallest absolute Gasteiger partial charge is 0.131 e. The fraction of sp³-hybridized carbons (Fsp3) is 0.318. The van der Waals surface area contributed by atoms with Crippen molar-refractivity contribution >= 4 is 34.2 Å². The van der Waals surface area contributed by atoms with Gasteiger partial charge in [0.05, 0.1) is 5.52 Å². The number of rotatable bonds is 4. The predicted molar refractivity (Wildman–Crippen MR) is 117 cm³/mol. The van der Waals surface area contributed by atoms with Crippen molar-refractivity contribution < 1.29 is 0 Å². The van der Waals surface area contributed by atoms with E-state index in [2.05, 4.69) is 72.6 Å². The van der Waals surface area contributed by atoms with Crippen LogP contribution in [0, 0.1) is 6.92 Å². The van der Waals surface area contributed by atoms with Crippen molar-refractivity contribution in [2.24, 2.45) is 5.73 Å². The van der Waals surface area contributed by atoms with Crippen LogP contribution in [-0.2, 0) is 6.54 Å². The van der Waals surface area contributed by atoms with Gasteiger partial charge in [-0.3, -0.25) is 0 Å². The summed E-state index contributed by atoms with van der Waals surface area (Å²) in [6, 6.07) is 17.3. The summed E-state index contributed by atoms with van der Waals surface area (Å²) in [7, 11) is 0. The molecule has 1 aliphatic rings. The first kappa shape index (κ1) is 18.1. The number of hydrogen-bond acceptors (Lipinski definition) is 5. The lowest BCUT2D eigenvalue weighted by atomic mass is 10.1. The molecule has 0 fully saturated rings. The number of thioether (sulfide) groups is 1. The van der Waals surface area contributed by atoms with Crippen molar-refractivity contribution in [3.05, 3.63) is 59.7 Å². The highest BCUT2D eigenvalue weighted by Crippen LogP contribution is 2.35. The van der Waals surface area contributed by atoms with Crippen LogP contribution >= 0.6 is 11.8 Å². The molecule has 0 bridgehead atoms. The number of anilines is 2. The number of benzene rings is 2. The average molecular weight is 379 g/mol. The van der Waals surface area contributed by atoms with Gasteiger partial charge >= 0.3 is 0 Å². The number of nitrogens with two attached hydrogens (primary N) is 1. The molecular weight excluding hydrogens is 352 g/mol. The quantitative estimate of drug-likeness (QED) is 0.704. The molecule has 4 rings (SSSR count). The van der Waals surface area contributed by atoms with Gasteiger partial charge in [-0.15, -0.1) is 11.8 Å². The minimum Gasteiger partial charge on any atom is -0.383 e. The molecule has 0 spiro atoms. The van der Waals surface area contributed by atoms with Crippen molar-refractivity contribution in [3.63, 3.8) is 0 Å². The van der Waals surface area contributed by atoms with Crippen molar-refractivity contribution in [2.45, 2.75) is 30.5 Å². The summed E-state index contributed by atoms with van der Waals surface area (Å²) in [5.74, 6) is 1.02. The molecule has 0 aliphatic carbocycles. The third-order valence-corrected chi connectivity index (χ3v) is 6.08. The average Bonchev–Trinajstić information content (AvgIpc) is 2.84. The Bertz CT molecular complexity index is 956. The van der Waals surface area contributed by atoms with E-state index in [0.717, 1.165) is 42.0 Å². The molecule has 2 aromatic carbocycles. The molecule has 3 N–H and O–H groups in total. The minimum absolute atomic E-state index is 0.504. The van der Waals surface area contributed by atoms with Crippen LogP contribution in [0.3, 0.4) is 0 Å². The zero-order chi connectivity index (χ0) is 18.8. The van der Waals surface area contributed by atoms with Crippen LogP contribution in [0.15, 0.2) is 53.4 Å². The van der Waals surface area contributed by atoms with E-state index in [1.165, 1.54) is 16.0 Å². The van der Waals surface area contributed by atoms with Crippen molar-refractivity contribution in [3.8, 4) is 0 Å². The van der Waals surface area contributed by atoms with Gasteiger partial charge in [-0.1, -0.05) is 36.8 Å². The van der Waals surface area contributed by atoms with E-state index in [0.29, 0.717) is 11.8 Å². The highest BCUT2D eigenvalue weighted by molar-refractivity contribution is 8.00. The Labute approximate surface area is 165 Å². The summed E-state index contributed by atoms with van der Waals surface area (Å²) in [5.41, 5.74) is 10.5. The number of pyridine rings is 1. The van der Waals surface area contributed by atoms with Gasteiger partial charge in [0.25, 0.3) is 0 Å². The minimum atomic E-state index is 0.504. The molecular formula is C22H26N4S. The highest BCUT2D eigenvalue weighted by Gasteiger charge is 2.21. The fourth-order valence-corrected chi connectivity index (χ4v) is 4.73. The van der Waals surface area contributed by atoms with Gasteiger partial charge in [-0.05, 0) is 30.7 Å². The fourth-order valence-electron chi connectivity index (χ4n) is 3.60. The van der Waals surface area contributed by atoms with Gasteiger partial charge in [-0.25, -0.2) is 4.98 Å². The molecule has 0 saturated heterocycles. The van der Waals surface area contributed by atoms with E-state index in [9.17, 15) is 0 Å². The Hall–Kier alpha value is -2.24. The Morgan fingerprint density at radius 2 is 2.07 bits per heavy atom. The molecule has 0 saturated carbocycles. The molecule has 3 aromatic rings. The van der Waals surface area contributed by atoms with Crippen LogP contribution in [-0.4, -0.2) is 29.9 Å². The van der Waals surface area contributed by atoms with E-state index >= 15 is 0 Å². The molecule has 1 atom stereocenters. The molecule has 0 radical (unpaired) electrons. The van der Waals surface area contributed by atoms with E-state index in [4.69, 9.17) is 10.7 Å². The van der Waals surface area contributed by atoms with Crippen LogP contribution in [0.1, 0.15) is 18.1 Å². The maximum atomic E-state index is 5.73. The summed E-state index contributed by atoms with van der Waals surface area (Å²) < 4.78 is 0. The highest BCUT2D eigenvalue weighted by atomic mass is 32.2. The molecule has 4 nitrogen and oxygen atoms in total. The Morgan fingerprint density at radius 3 is 2.93 bits per heavy atom. The van der Waals surface area contributed by atoms with Crippen LogP contribution in [0.25, 0.3) is 10.9 Å². The van der Waals surface area contributed by atoms with Crippen molar-refractivity contribution in [1.29, 1.82) is 0 Å². The SMILES string of the molecule is Cc1ccc2nc(N3Cc4ccccc4SC(C)C3)cc(NCCN)c2c1. The second kappa shape index (κ2) is 7.79. The topological polar surface area (TPSA) is 54.2 Å². The number of fused-ring (bicyclic) bond motifs is 2. The monoisotopic (exact) mass is 378 g/mol. The maximum absolute atomic E-state index is 5.73. The largest absolute Gasteiger partial charge is 0.383 e. The van der Waals surface area contributed by atoms with Gasteiger partial charge in [-0.2, -0.15) is 0 Å². The van der Waals surface area contributed by atoms with Gasteiger partial charge in [0.1, 0.15) is 5.82 Å². The second-order valence-electron chi connectivity index (χ2n) is 7.18. The summed E-state index contributed by atoms with van der Waals surface area (Å²) in [6.07, 6.45) is 0. The molecule has 2 heterocycles.